The quantitative estimate of drug-likeness (QED) is 0.221. The van der Waals surface area contributed by atoms with Gasteiger partial charge in [-0.1, -0.05) is 34.3 Å². The van der Waals surface area contributed by atoms with E-state index in [1.165, 1.54) is 58.0 Å². The van der Waals surface area contributed by atoms with Crippen LogP contribution < -0.4 is 17.0 Å². The molecule has 45 heavy (non-hydrogen) atoms. The predicted molar refractivity (Wildman–Crippen MR) is 172 cm³/mol. The Morgan fingerprint density at radius 1 is 0.933 bits per heavy atom. The smallest absolute Gasteiger partial charge is 0.306 e. The fraction of sp³-hybridized carbons (Fsp3) is 0.892. The number of morpholine rings is 1. The standard InChI is InChI=1S/C37H61N2O5.BrH/c1-6-18-39(19-10-9-11-20-39)31-24-29-27-13-12-26-23-32(43-33(40)7-2)30(38-16-21-42-22-17-38)25-37(26,5)28(27)14-15-36(29,4)35(31)44-34(41)8-3;/h6,26-32,35H,1,7-25H2,2-5H3;1H/q+1;/p-1/t26-,27?,28?,29?,30-,31-,32-,35-,36-,37-;/m0./s1. The van der Waals surface area contributed by atoms with Crippen LogP contribution in [0.3, 0.4) is 0 Å². The molecule has 6 rings (SSSR count). The van der Waals surface area contributed by atoms with Crippen molar-refractivity contribution in [3.05, 3.63) is 12.7 Å². The predicted octanol–water partition coefficient (Wildman–Crippen LogP) is 3.15. The summed E-state index contributed by atoms with van der Waals surface area (Å²) in [4.78, 5) is 28.2. The number of hydrogen-bond donors (Lipinski definition) is 0. The van der Waals surface area contributed by atoms with Crippen molar-refractivity contribution in [2.75, 3.05) is 45.9 Å². The highest BCUT2D eigenvalue weighted by molar-refractivity contribution is 5.69. The van der Waals surface area contributed by atoms with E-state index in [1.807, 2.05) is 13.8 Å². The Bertz CT molecular complexity index is 1060. The average molecular weight is 694 g/mol. The topological polar surface area (TPSA) is 65.1 Å². The molecule has 7 nitrogen and oxygen atoms in total. The maximum atomic E-state index is 13.0. The molecule has 3 unspecified atom stereocenters. The number of carbonyl (C=O) groups is 2. The summed E-state index contributed by atoms with van der Waals surface area (Å²) < 4.78 is 19.6. The first-order chi connectivity index (χ1) is 21.2. The number of likely N-dealkylation sites (tertiary alicyclic amines) is 1. The second-order valence-corrected chi connectivity index (χ2v) is 16.0. The van der Waals surface area contributed by atoms with Crippen LogP contribution in [0.25, 0.3) is 0 Å². The Labute approximate surface area is 283 Å². The lowest BCUT2D eigenvalue weighted by molar-refractivity contribution is -0.952. The molecule has 2 saturated heterocycles. The van der Waals surface area contributed by atoms with Crippen LogP contribution in [0, 0.1) is 34.5 Å². The minimum atomic E-state index is -0.0575. The van der Waals surface area contributed by atoms with E-state index < -0.39 is 0 Å². The van der Waals surface area contributed by atoms with Gasteiger partial charge in [-0.25, -0.2) is 0 Å². The maximum Gasteiger partial charge on any atom is 0.306 e. The highest BCUT2D eigenvalue weighted by Gasteiger charge is 2.67. The number of nitrogens with zero attached hydrogens (tertiary/aromatic N) is 2. The van der Waals surface area contributed by atoms with E-state index in [-0.39, 0.29) is 58.0 Å². The number of carbonyl (C=O) groups excluding carboxylic acids is 2. The summed E-state index contributed by atoms with van der Waals surface area (Å²) in [6.45, 7) is 19.9. The summed E-state index contributed by atoms with van der Waals surface area (Å²) in [7, 11) is 0. The maximum absolute atomic E-state index is 13.0. The second kappa shape index (κ2) is 14.3. The molecule has 0 radical (unpaired) electrons. The molecule has 4 aliphatic carbocycles. The molecule has 256 valence electrons. The van der Waals surface area contributed by atoms with Gasteiger partial charge < -0.3 is 35.7 Å². The first-order valence-corrected chi connectivity index (χ1v) is 18.4. The van der Waals surface area contributed by atoms with Gasteiger partial charge in [-0.05, 0) is 93.0 Å². The number of piperidine rings is 1. The van der Waals surface area contributed by atoms with Crippen LogP contribution in [-0.4, -0.2) is 91.6 Å². The minimum absolute atomic E-state index is 0. The van der Waals surface area contributed by atoms with Crippen molar-refractivity contribution in [1.29, 1.82) is 0 Å². The number of ether oxygens (including phenoxy) is 3. The molecule has 2 heterocycles. The Morgan fingerprint density at radius 3 is 2.29 bits per heavy atom. The van der Waals surface area contributed by atoms with Gasteiger partial charge in [0.05, 0.1) is 32.8 Å². The fourth-order valence-corrected chi connectivity index (χ4v) is 11.9. The normalized spacial score (nSPS) is 42.7. The van der Waals surface area contributed by atoms with E-state index in [4.69, 9.17) is 14.2 Å². The molecule has 0 aromatic heterocycles. The molecule has 8 heteroatoms. The molecule has 6 fully saturated rings. The summed E-state index contributed by atoms with van der Waals surface area (Å²) in [6, 6.07) is 0.639. The lowest BCUT2D eigenvalue weighted by Gasteiger charge is -2.62. The molecule has 0 aromatic carbocycles. The third-order valence-electron chi connectivity index (χ3n) is 14.1. The number of quaternary nitrogens is 1. The van der Waals surface area contributed by atoms with Crippen LogP contribution in [0.15, 0.2) is 12.7 Å². The zero-order valence-corrected chi connectivity index (χ0v) is 30.2. The second-order valence-electron chi connectivity index (χ2n) is 16.0. The van der Waals surface area contributed by atoms with Crippen LogP contribution >= 0.6 is 0 Å². The molecule has 0 N–H and O–H groups in total. The monoisotopic (exact) mass is 692 g/mol. The van der Waals surface area contributed by atoms with Crippen molar-refractivity contribution in [2.45, 2.75) is 129 Å². The largest absolute Gasteiger partial charge is 1.00 e. The van der Waals surface area contributed by atoms with Gasteiger partial charge in [0, 0.05) is 43.8 Å². The molecule has 4 saturated carbocycles. The van der Waals surface area contributed by atoms with Crippen molar-refractivity contribution in [3.8, 4) is 0 Å². The average Bonchev–Trinajstić information content (AvgIpc) is 3.34. The number of halogens is 1. The molecule has 0 spiro atoms. The first kappa shape index (κ1) is 35.3. The van der Waals surface area contributed by atoms with Gasteiger partial charge in [-0.15, -0.1) is 0 Å². The van der Waals surface area contributed by atoms with E-state index in [1.54, 1.807) is 0 Å². The van der Waals surface area contributed by atoms with Gasteiger partial charge in [-0.3, -0.25) is 14.5 Å². The van der Waals surface area contributed by atoms with Gasteiger partial charge in [0.1, 0.15) is 12.1 Å². The van der Waals surface area contributed by atoms with E-state index in [0.717, 1.165) is 56.6 Å². The molecular formula is C37H61BrN2O5. The zero-order valence-electron chi connectivity index (χ0n) is 28.7. The summed E-state index contributed by atoms with van der Waals surface area (Å²) >= 11 is 0. The van der Waals surface area contributed by atoms with Crippen molar-refractivity contribution in [3.63, 3.8) is 0 Å². The molecule has 0 amide bonds. The summed E-state index contributed by atoms with van der Waals surface area (Å²) in [5.74, 6) is 2.42. The van der Waals surface area contributed by atoms with Crippen molar-refractivity contribution in [2.24, 2.45) is 34.5 Å². The lowest BCUT2D eigenvalue weighted by Crippen LogP contribution is -3.00. The number of rotatable bonds is 8. The molecule has 10 atom stereocenters. The summed E-state index contributed by atoms with van der Waals surface area (Å²) in [5, 5.41) is 0. The van der Waals surface area contributed by atoms with E-state index in [2.05, 4.69) is 31.4 Å². The van der Waals surface area contributed by atoms with E-state index in [0.29, 0.717) is 42.6 Å². The van der Waals surface area contributed by atoms with Gasteiger partial charge in [0.2, 0.25) is 0 Å². The summed E-state index contributed by atoms with van der Waals surface area (Å²) in [6.07, 6.45) is 15.0. The van der Waals surface area contributed by atoms with Crippen LogP contribution in [0.1, 0.15) is 105 Å². The van der Waals surface area contributed by atoms with E-state index >= 15 is 0 Å². The number of hydrogen-bond acceptors (Lipinski definition) is 6. The van der Waals surface area contributed by atoms with Gasteiger partial charge >= 0.3 is 11.9 Å². The molecule has 0 aromatic rings. The van der Waals surface area contributed by atoms with Gasteiger partial charge in [0.15, 0.2) is 6.10 Å². The lowest BCUT2D eigenvalue weighted by atomic mass is 9.44. The molecule has 6 aliphatic rings. The Morgan fingerprint density at radius 2 is 1.62 bits per heavy atom. The molecule has 2 aliphatic heterocycles. The SMILES string of the molecule is C=CC[N+]1([C@H]2CC3C4CC[C@H]5C[C@H](OC(=O)CC)[C@@H](N6CCOCC6)C[C@]5(C)C4CC[C@]3(C)[C@H]2OC(=O)CC)CCCCC1.[Br-]. The summed E-state index contributed by atoms with van der Waals surface area (Å²) in [5.41, 5.74) is 0.260. The third-order valence-corrected chi connectivity index (χ3v) is 14.1. The zero-order chi connectivity index (χ0) is 31.1. The first-order valence-electron chi connectivity index (χ1n) is 18.4. The number of fused-ring (bicyclic) bond motifs is 5. The van der Waals surface area contributed by atoms with Gasteiger partial charge in [-0.2, -0.15) is 0 Å². The van der Waals surface area contributed by atoms with Crippen LogP contribution in [0.4, 0.5) is 0 Å². The van der Waals surface area contributed by atoms with Crippen LogP contribution in [0.5, 0.6) is 0 Å². The fourth-order valence-electron chi connectivity index (χ4n) is 11.9. The Balaban J connectivity index is 0.00000400. The Hall–Kier alpha value is -0.960. The molecule has 0 bridgehead atoms. The van der Waals surface area contributed by atoms with Crippen molar-refractivity contribution < 1.29 is 45.3 Å². The highest BCUT2D eigenvalue weighted by atomic mass is 79.9. The number of esters is 2. The minimum Gasteiger partial charge on any atom is -1.00 e. The van der Waals surface area contributed by atoms with E-state index in [9.17, 15) is 9.59 Å². The van der Waals surface area contributed by atoms with Crippen LogP contribution in [-0.2, 0) is 23.8 Å². The van der Waals surface area contributed by atoms with Crippen molar-refractivity contribution >= 4 is 11.9 Å². The highest BCUT2D eigenvalue weighted by Crippen LogP contribution is 2.68. The third kappa shape index (κ3) is 6.33. The van der Waals surface area contributed by atoms with Crippen molar-refractivity contribution in [1.82, 2.24) is 4.90 Å². The van der Waals surface area contributed by atoms with Crippen LogP contribution in [0.2, 0.25) is 0 Å². The van der Waals surface area contributed by atoms with Gasteiger partial charge in [0.25, 0.3) is 0 Å². The Kier molecular flexibility index (Phi) is 11.2. The molecular weight excluding hydrogens is 632 g/mol.